The normalized spacial score (nSPS) is 15.2. The van der Waals surface area contributed by atoms with E-state index in [1.54, 1.807) is 13.2 Å². The molecule has 0 bridgehead atoms. The van der Waals surface area contributed by atoms with Crippen molar-refractivity contribution in [3.05, 3.63) is 47.5 Å². The number of benzene rings is 2. The number of ether oxygens (including phenoxy) is 3. The first-order chi connectivity index (χ1) is 15.8. The molecule has 1 heterocycles. The third-order valence-corrected chi connectivity index (χ3v) is 7.53. The largest absolute Gasteiger partial charge is 0.495 e. The number of hydrogen-bond acceptors (Lipinski definition) is 6. The standard InChI is InChI=1S/C24H32N2O6S/c1-5-14-32-20-10-8-18(15-22(20)31-4)17(2)25-24(27)19-9-11-21(30-3)23(16-19)33(28,29)26-12-6-7-13-26/h8-11,15-17H,5-7,12-14H2,1-4H3,(H,25,27). The minimum Gasteiger partial charge on any atom is -0.495 e. The maximum atomic E-state index is 13.1. The van der Waals surface area contributed by atoms with Gasteiger partial charge in [-0.2, -0.15) is 4.31 Å². The molecule has 2 aromatic carbocycles. The van der Waals surface area contributed by atoms with Crippen LogP contribution >= 0.6 is 0 Å². The number of hydrogen-bond donors (Lipinski definition) is 1. The van der Waals surface area contributed by atoms with Gasteiger partial charge in [0.05, 0.1) is 26.9 Å². The van der Waals surface area contributed by atoms with Gasteiger partial charge in [-0.1, -0.05) is 13.0 Å². The first kappa shape index (κ1) is 24.9. The van der Waals surface area contributed by atoms with E-state index in [4.69, 9.17) is 14.2 Å². The molecular weight excluding hydrogens is 444 g/mol. The molecule has 0 aromatic heterocycles. The van der Waals surface area contributed by atoms with Crippen LogP contribution in [0.4, 0.5) is 0 Å². The lowest BCUT2D eigenvalue weighted by atomic mass is 10.1. The van der Waals surface area contributed by atoms with Gasteiger partial charge in [0.1, 0.15) is 10.6 Å². The molecule has 0 spiro atoms. The minimum absolute atomic E-state index is 0.00583. The van der Waals surface area contributed by atoms with Crippen molar-refractivity contribution in [1.82, 2.24) is 9.62 Å². The topological polar surface area (TPSA) is 94.2 Å². The lowest BCUT2D eigenvalue weighted by Crippen LogP contribution is -2.29. The average Bonchev–Trinajstić information content (AvgIpc) is 3.38. The Morgan fingerprint density at radius 1 is 1.03 bits per heavy atom. The number of carbonyl (C=O) groups is 1. The summed E-state index contributed by atoms with van der Waals surface area (Å²) in [7, 11) is -0.753. The van der Waals surface area contributed by atoms with Crippen molar-refractivity contribution in [1.29, 1.82) is 0 Å². The lowest BCUT2D eigenvalue weighted by Gasteiger charge is -2.19. The van der Waals surface area contributed by atoms with Crippen molar-refractivity contribution in [2.45, 2.75) is 44.0 Å². The summed E-state index contributed by atoms with van der Waals surface area (Å²) in [5.41, 5.74) is 1.08. The maximum Gasteiger partial charge on any atom is 0.251 e. The zero-order chi connectivity index (χ0) is 24.0. The summed E-state index contributed by atoms with van der Waals surface area (Å²) in [4.78, 5) is 13.0. The fourth-order valence-corrected chi connectivity index (χ4v) is 5.43. The molecule has 1 aliphatic heterocycles. The molecule has 1 fully saturated rings. The first-order valence-electron chi connectivity index (χ1n) is 11.1. The lowest BCUT2D eigenvalue weighted by molar-refractivity contribution is 0.0939. The molecule has 9 heteroatoms. The zero-order valence-corrected chi connectivity index (χ0v) is 20.4. The Hall–Kier alpha value is -2.78. The molecule has 1 saturated heterocycles. The number of amides is 1. The molecule has 33 heavy (non-hydrogen) atoms. The van der Waals surface area contributed by atoms with Gasteiger partial charge in [0.2, 0.25) is 10.0 Å². The third kappa shape index (κ3) is 5.59. The Labute approximate surface area is 195 Å². The molecule has 1 atom stereocenters. The van der Waals surface area contributed by atoms with Gasteiger partial charge in [0, 0.05) is 18.7 Å². The summed E-state index contributed by atoms with van der Waals surface area (Å²) in [6.07, 6.45) is 2.53. The smallest absolute Gasteiger partial charge is 0.251 e. The Morgan fingerprint density at radius 3 is 2.33 bits per heavy atom. The van der Waals surface area contributed by atoms with Gasteiger partial charge >= 0.3 is 0 Å². The molecule has 3 rings (SSSR count). The molecule has 1 N–H and O–H groups in total. The molecule has 8 nitrogen and oxygen atoms in total. The van der Waals surface area contributed by atoms with E-state index in [1.807, 2.05) is 32.0 Å². The van der Waals surface area contributed by atoms with E-state index in [2.05, 4.69) is 5.32 Å². The summed E-state index contributed by atoms with van der Waals surface area (Å²) in [5, 5.41) is 2.93. The van der Waals surface area contributed by atoms with E-state index in [9.17, 15) is 13.2 Å². The first-order valence-corrected chi connectivity index (χ1v) is 12.6. The number of rotatable bonds is 10. The van der Waals surface area contributed by atoms with Crippen LogP contribution in [0.3, 0.4) is 0 Å². The van der Waals surface area contributed by atoms with Gasteiger partial charge in [-0.25, -0.2) is 8.42 Å². The fourth-order valence-electron chi connectivity index (χ4n) is 3.74. The molecule has 0 aliphatic carbocycles. The molecule has 1 aliphatic rings. The quantitative estimate of drug-likeness (QED) is 0.561. The maximum absolute atomic E-state index is 13.1. The van der Waals surface area contributed by atoms with Crippen molar-refractivity contribution in [2.75, 3.05) is 33.9 Å². The average molecular weight is 477 g/mol. The van der Waals surface area contributed by atoms with Crippen molar-refractivity contribution >= 4 is 15.9 Å². The van der Waals surface area contributed by atoms with Crippen LogP contribution in [0.15, 0.2) is 41.3 Å². The van der Waals surface area contributed by atoms with Crippen LogP contribution in [-0.2, 0) is 10.0 Å². The second kappa shape index (κ2) is 10.9. The van der Waals surface area contributed by atoms with Gasteiger partial charge in [-0.05, 0) is 62.1 Å². The van der Waals surface area contributed by atoms with E-state index in [0.717, 1.165) is 24.8 Å². The van der Waals surface area contributed by atoms with Crippen LogP contribution in [0, 0.1) is 0 Å². The highest BCUT2D eigenvalue weighted by Gasteiger charge is 2.30. The highest BCUT2D eigenvalue weighted by molar-refractivity contribution is 7.89. The molecule has 1 amide bonds. The Kier molecular flexibility index (Phi) is 8.20. The molecule has 1 unspecified atom stereocenters. The monoisotopic (exact) mass is 476 g/mol. The van der Waals surface area contributed by atoms with Crippen LogP contribution in [0.5, 0.6) is 17.2 Å². The second-order valence-corrected chi connectivity index (χ2v) is 9.84. The van der Waals surface area contributed by atoms with Crippen LogP contribution in [0.2, 0.25) is 0 Å². The van der Waals surface area contributed by atoms with Crippen molar-refractivity contribution < 1.29 is 27.4 Å². The second-order valence-electron chi connectivity index (χ2n) is 7.93. The SMILES string of the molecule is CCCOc1ccc(C(C)NC(=O)c2ccc(OC)c(S(=O)(=O)N3CCCC3)c2)cc1OC. The van der Waals surface area contributed by atoms with E-state index in [0.29, 0.717) is 31.2 Å². The number of nitrogens with zero attached hydrogens (tertiary/aromatic N) is 1. The highest BCUT2D eigenvalue weighted by Crippen LogP contribution is 2.32. The zero-order valence-electron chi connectivity index (χ0n) is 19.6. The highest BCUT2D eigenvalue weighted by atomic mass is 32.2. The Balaban J connectivity index is 1.81. The van der Waals surface area contributed by atoms with Gasteiger partial charge in [-0.15, -0.1) is 0 Å². The van der Waals surface area contributed by atoms with E-state index in [1.165, 1.54) is 23.5 Å². The Bertz CT molecular complexity index is 1080. The Morgan fingerprint density at radius 2 is 1.70 bits per heavy atom. The molecule has 180 valence electrons. The number of carbonyl (C=O) groups excluding carboxylic acids is 1. The predicted octanol–water partition coefficient (Wildman–Crippen LogP) is 3.77. The van der Waals surface area contributed by atoms with Crippen LogP contribution in [0.1, 0.15) is 55.1 Å². The molecule has 0 saturated carbocycles. The summed E-state index contributed by atoms with van der Waals surface area (Å²) < 4.78 is 44.0. The van der Waals surface area contributed by atoms with Gasteiger partial charge in [0.25, 0.3) is 5.91 Å². The molecule has 0 radical (unpaired) electrons. The third-order valence-electron chi connectivity index (χ3n) is 5.61. The van der Waals surface area contributed by atoms with Crippen LogP contribution in [-0.4, -0.2) is 52.5 Å². The van der Waals surface area contributed by atoms with Crippen LogP contribution < -0.4 is 19.5 Å². The van der Waals surface area contributed by atoms with E-state index in [-0.39, 0.29) is 28.2 Å². The minimum atomic E-state index is -3.74. The van der Waals surface area contributed by atoms with Gasteiger partial charge in [0.15, 0.2) is 11.5 Å². The number of methoxy groups -OCH3 is 2. The van der Waals surface area contributed by atoms with Crippen molar-refractivity contribution in [2.24, 2.45) is 0 Å². The summed E-state index contributed by atoms with van der Waals surface area (Å²) in [6, 6.07) is 9.64. The number of nitrogens with one attached hydrogen (secondary N) is 1. The van der Waals surface area contributed by atoms with Gasteiger partial charge in [-0.3, -0.25) is 4.79 Å². The predicted molar refractivity (Wildman–Crippen MR) is 126 cm³/mol. The van der Waals surface area contributed by atoms with Crippen molar-refractivity contribution in [3.63, 3.8) is 0 Å². The van der Waals surface area contributed by atoms with E-state index >= 15 is 0 Å². The van der Waals surface area contributed by atoms with E-state index < -0.39 is 10.0 Å². The number of sulfonamides is 1. The van der Waals surface area contributed by atoms with Crippen LogP contribution in [0.25, 0.3) is 0 Å². The molecule has 2 aromatic rings. The van der Waals surface area contributed by atoms with Gasteiger partial charge < -0.3 is 19.5 Å². The fraction of sp³-hybridized carbons (Fsp3) is 0.458. The molecular formula is C24H32N2O6S. The van der Waals surface area contributed by atoms with Crippen molar-refractivity contribution in [3.8, 4) is 17.2 Å². The summed E-state index contributed by atoms with van der Waals surface area (Å²) in [6.45, 7) is 5.41. The summed E-state index contributed by atoms with van der Waals surface area (Å²) >= 11 is 0. The summed E-state index contributed by atoms with van der Waals surface area (Å²) in [5.74, 6) is 1.08.